The van der Waals surface area contributed by atoms with Crippen LogP contribution in [0.2, 0.25) is 0 Å². The first kappa shape index (κ1) is 24.7. The smallest absolute Gasteiger partial charge is 0.407 e. The Morgan fingerprint density at radius 2 is 1.69 bits per heavy atom. The Labute approximate surface area is 203 Å². The summed E-state index contributed by atoms with van der Waals surface area (Å²) in [5.41, 5.74) is 4.53. The Kier molecular flexibility index (Phi) is 7.67. The van der Waals surface area contributed by atoms with Gasteiger partial charge >= 0.3 is 12.1 Å². The van der Waals surface area contributed by atoms with Gasteiger partial charge < -0.3 is 29.9 Å². The molecular weight excluding hydrogens is 452 g/mol. The molecule has 0 saturated carbocycles. The summed E-state index contributed by atoms with van der Waals surface area (Å²) in [5.74, 6) is -2.33. The van der Waals surface area contributed by atoms with Crippen molar-refractivity contribution in [3.05, 3.63) is 59.7 Å². The minimum absolute atomic E-state index is 0.0187. The highest BCUT2D eigenvalue weighted by molar-refractivity contribution is 5.82. The fraction of sp³-hybridized carbons (Fsp3) is 0.423. The van der Waals surface area contributed by atoms with Crippen molar-refractivity contribution < 1.29 is 34.1 Å². The lowest BCUT2D eigenvalue weighted by atomic mass is 9.95. The van der Waals surface area contributed by atoms with Gasteiger partial charge in [-0.05, 0) is 28.7 Å². The first-order valence-corrected chi connectivity index (χ1v) is 11.7. The average Bonchev–Trinajstić information content (AvgIpc) is 3.18. The summed E-state index contributed by atoms with van der Waals surface area (Å²) in [7, 11) is 1.38. The number of piperidine rings is 1. The fourth-order valence-electron chi connectivity index (χ4n) is 4.93. The molecule has 0 radical (unpaired) electrons. The number of aliphatic hydroxyl groups excluding tert-OH is 1. The number of alkyl carbamates (subject to hydrolysis) is 1. The molecule has 0 spiro atoms. The number of carboxylic acid groups (broad SMARTS) is 1. The van der Waals surface area contributed by atoms with Gasteiger partial charge in [-0.2, -0.15) is 0 Å². The van der Waals surface area contributed by atoms with Gasteiger partial charge in [-0.15, -0.1) is 0 Å². The van der Waals surface area contributed by atoms with E-state index in [0.717, 1.165) is 22.3 Å². The van der Waals surface area contributed by atoms with Crippen LogP contribution in [0.5, 0.6) is 0 Å². The number of β-amino-alcohol motifs (C(OH)–C–C–N with tert-alkyl or cyclic N) is 1. The molecule has 35 heavy (non-hydrogen) atoms. The summed E-state index contributed by atoms with van der Waals surface area (Å²) in [6.07, 6.45) is -2.06. The van der Waals surface area contributed by atoms with Crippen molar-refractivity contribution in [3.8, 4) is 11.1 Å². The van der Waals surface area contributed by atoms with Gasteiger partial charge in [-0.1, -0.05) is 48.5 Å². The van der Waals surface area contributed by atoms with Crippen LogP contribution in [-0.4, -0.2) is 78.6 Å². The van der Waals surface area contributed by atoms with Crippen molar-refractivity contribution in [2.24, 2.45) is 5.92 Å². The highest BCUT2D eigenvalue weighted by atomic mass is 16.5. The molecule has 9 heteroatoms. The van der Waals surface area contributed by atoms with Crippen LogP contribution in [0.1, 0.15) is 29.9 Å². The zero-order valence-electron chi connectivity index (χ0n) is 19.6. The second kappa shape index (κ2) is 10.9. The number of aliphatic carboxylic acids is 1. The summed E-state index contributed by atoms with van der Waals surface area (Å²) < 4.78 is 10.8. The van der Waals surface area contributed by atoms with Crippen LogP contribution in [0.15, 0.2) is 48.5 Å². The minimum atomic E-state index is -1.05. The summed E-state index contributed by atoms with van der Waals surface area (Å²) in [5, 5.41) is 21.9. The highest BCUT2D eigenvalue weighted by Crippen LogP contribution is 2.44. The predicted molar refractivity (Wildman–Crippen MR) is 127 cm³/mol. The van der Waals surface area contributed by atoms with Crippen molar-refractivity contribution >= 4 is 18.0 Å². The number of benzene rings is 2. The molecule has 3 N–H and O–H groups in total. The van der Waals surface area contributed by atoms with E-state index in [1.54, 1.807) is 0 Å². The van der Waals surface area contributed by atoms with Gasteiger partial charge in [-0.25, -0.2) is 4.79 Å². The Bertz CT molecular complexity index is 1040. The van der Waals surface area contributed by atoms with Gasteiger partial charge in [0, 0.05) is 39.1 Å². The third-order valence-corrected chi connectivity index (χ3v) is 6.67. The topological polar surface area (TPSA) is 125 Å². The van der Waals surface area contributed by atoms with Gasteiger partial charge in [-0.3, -0.25) is 9.59 Å². The molecule has 3 unspecified atom stereocenters. The Morgan fingerprint density at radius 3 is 2.29 bits per heavy atom. The Balaban J connectivity index is 1.27. The van der Waals surface area contributed by atoms with Gasteiger partial charge in [0.05, 0.1) is 12.0 Å². The number of aliphatic hydroxyl groups is 1. The quantitative estimate of drug-likeness (QED) is 0.527. The molecule has 1 heterocycles. The van der Waals surface area contributed by atoms with E-state index < -0.39 is 36.1 Å². The number of fused-ring (bicyclic) bond motifs is 3. The van der Waals surface area contributed by atoms with Crippen LogP contribution >= 0.6 is 0 Å². The second-order valence-electron chi connectivity index (χ2n) is 8.93. The molecule has 1 aliphatic heterocycles. The van der Waals surface area contributed by atoms with E-state index in [9.17, 15) is 24.6 Å². The van der Waals surface area contributed by atoms with Crippen molar-refractivity contribution in [2.75, 3.05) is 33.4 Å². The lowest BCUT2D eigenvalue weighted by Gasteiger charge is -2.35. The molecule has 1 fully saturated rings. The van der Waals surface area contributed by atoms with E-state index in [4.69, 9.17) is 9.47 Å². The fourth-order valence-corrected chi connectivity index (χ4v) is 4.93. The SMILES string of the molecule is COC(CCNC(=O)OCC1c2ccccc2-c2ccccc21)C(=O)N1CC(O)CC(C(=O)O)C1. The molecular formula is C26H30N2O7. The molecule has 186 valence electrons. The standard InChI is InChI=1S/C26H30N2O7/c1-34-23(24(30)28-13-16(25(31)32)12-17(29)14-28)10-11-27-26(33)35-15-22-20-8-4-2-6-18(20)19-7-3-5-9-21(19)22/h2-9,16-17,22-23,29H,10-15H2,1H3,(H,27,33)(H,31,32). The van der Waals surface area contributed by atoms with E-state index in [0.29, 0.717) is 0 Å². The number of hydrogen-bond donors (Lipinski definition) is 3. The number of hydrogen-bond acceptors (Lipinski definition) is 6. The number of rotatable bonds is 8. The van der Waals surface area contributed by atoms with Gasteiger partial charge in [0.15, 0.2) is 0 Å². The number of methoxy groups -OCH3 is 1. The summed E-state index contributed by atoms with van der Waals surface area (Å²) >= 11 is 0. The first-order chi connectivity index (χ1) is 16.9. The van der Waals surface area contributed by atoms with Crippen LogP contribution in [0.4, 0.5) is 4.79 Å². The Morgan fingerprint density at radius 1 is 1.06 bits per heavy atom. The number of nitrogens with zero attached hydrogens (tertiary/aromatic N) is 1. The van der Waals surface area contributed by atoms with Crippen LogP contribution in [0, 0.1) is 5.92 Å². The Hall–Kier alpha value is -3.43. The summed E-state index contributed by atoms with van der Waals surface area (Å²) in [6, 6.07) is 16.1. The van der Waals surface area contributed by atoms with Crippen LogP contribution in [0.3, 0.4) is 0 Å². The van der Waals surface area contributed by atoms with Crippen LogP contribution in [0.25, 0.3) is 11.1 Å². The van der Waals surface area contributed by atoms with E-state index in [1.807, 2.05) is 36.4 Å². The maximum absolute atomic E-state index is 12.8. The van der Waals surface area contributed by atoms with Crippen LogP contribution in [-0.2, 0) is 19.1 Å². The number of carbonyl (C=O) groups excluding carboxylic acids is 2. The predicted octanol–water partition coefficient (Wildman–Crippen LogP) is 2.22. The van der Waals surface area contributed by atoms with Crippen molar-refractivity contribution in [2.45, 2.75) is 31.0 Å². The number of carboxylic acids is 1. The number of carbonyl (C=O) groups is 3. The van der Waals surface area contributed by atoms with Gasteiger partial charge in [0.2, 0.25) is 0 Å². The molecule has 0 bridgehead atoms. The number of amides is 2. The summed E-state index contributed by atoms with van der Waals surface area (Å²) in [4.78, 5) is 37.8. The van der Waals surface area contributed by atoms with Gasteiger partial charge in [0.1, 0.15) is 12.7 Å². The third kappa shape index (κ3) is 5.47. The van der Waals surface area contributed by atoms with Crippen molar-refractivity contribution in [3.63, 3.8) is 0 Å². The first-order valence-electron chi connectivity index (χ1n) is 11.7. The summed E-state index contributed by atoms with van der Waals surface area (Å²) in [6.45, 7) is 0.404. The molecule has 2 aromatic rings. The van der Waals surface area contributed by atoms with E-state index in [-0.39, 0.29) is 45.0 Å². The molecule has 3 atom stereocenters. The monoisotopic (exact) mass is 482 g/mol. The zero-order chi connectivity index (χ0) is 24.9. The maximum Gasteiger partial charge on any atom is 0.407 e. The number of likely N-dealkylation sites (tertiary alicyclic amines) is 1. The van der Waals surface area contributed by atoms with E-state index in [2.05, 4.69) is 17.4 Å². The molecule has 2 amide bonds. The highest BCUT2D eigenvalue weighted by Gasteiger charge is 2.35. The molecule has 4 rings (SSSR count). The minimum Gasteiger partial charge on any atom is -0.481 e. The molecule has 2 aliphatic rings. The molecule has 2 aromatic carbocycles. The third-order valence-electron chi connectivity index (χ3n) is 6.67. The van der Waals surface area contributed by atoms with Gasteiger partial charge in [0.25, 0.3) is 5.91 Å². The van der Waals surface area contributed by atoms with E-state index >= 15 is 0 Å². The number of nitrogens with one attached hydrogen (secondary N) is 1. The maximum atomic E-state index is 12.8. The lowest BCUT2D eigenvalue weighted by Crippen LogP contribution is -2.52. The van der Waals surface area contributed by atoms with Crippen molar-refractivity contribution in [1.82, 2.24) is 10.2 Å². The lowest BCUT2D eigenvalue weighted by molar-refractivity contribution is -0.153. The normalized spacial score (nSPS) is 20.0. The second-order valence-corrected chi connectivity index (χ2v) is 8.93. The molecule has 1 saturated heterocycles. The van der Waals surface area contributed by atoms with E-state index in [1.165, 1.54) is 12.0 Å². The number of ether oxygens (including phenoxy) is 2. The average molecular weight is 483 g/mol. The zero-order valence-corrected chi connectivity index (χ0v) is 19.6. The largest absolute Gasteiger partial charge is 0.481 e. The van der Waals surface area contributed by atoms with Crippen molar-refractivity contribution in [1.29, 1.82) is 0 Å². The molecule has 1 aliphatic carbocycles. The molecule has 0 aromatic heterocycles. The van der Waals surface area contributed by atoms with Crippen LogP contribution < -0.4 is 5.32 Å². The molecule has 9 nitrogen and oxygen atoms in total.